The van der Waals surface area contributed by atoms with Crippen LogP contribution in [0.15, 0.2) is 18.2 Å². The first-order valence-corrected chi connectivity index (χ1v) is 7.03. The van der Waals surface area contributed by atoms with Gasteiger partial charge in [-0.15, -0.1) is 0 Å². The number of hydrogen-bond acceptors (Lipinski definition) is 2. The molecule has 0 spiro atoms. The van der Waals surface area contributed by atoms with Gasteiger partial charge in [0.25, 0.3) is 5.91 Å². The number of hydrogen-bond donors (Lipinski definition) is 2. The minimum Gasteiger partial charge on any atom is -0.395 e. The number of nitrogens with one attached hydrogen (secondary N) is 1. The molecule has 1 aliphatic carbocycles. The number of carbonyl (C=O) groups excluding carboxylic acids is 1. The predicted octanol–water partition coefficient (Wildman–Crippen LogP) is 2.26. The Morgan fingerprint density at radius 2 is 2.20 bits per heavy atom. The zero-order valence-corrected chi connectivity index (χ0v) is 12.1. The maximum atomic E-state index is 12.1. The van der Waals surface area contributed by atoms with Crippen molar-refractivity contribution >= 4 is 5.91 Å². The third-order valence-corrected chi connectivity index (χ3v) is 3.74. The summed E-state index contributed by atoms with van der Waals surface area (Å²) < 4.78 is 0. The van der Waals surface area contributed by atoms with Gasteiger partial charge in [0.1, 0.15) is 0 Å². The number of aryl methyl sites for hydroxylation is 1. The summed E-state index contributed by atoms with van der Waals surface area (Å²) in [5.74, 6) is 5.86. The molecule has 0 unspecified atom stereocenters. The second-order valence-electron chi connectivity index (χ2n) is 5.80. The Morgan fingerprint density at radius 1 is 1.45 bits per heavy atom. The molecule has 0 saturated heterocycles. The van der Waals surface area contributed by atoms with Crippen LogP contribution in [0.1, 0.15) is 47.7 Å². The van der Waals surface area contributed by atoms with Crippen LogP contribution in [0, 0.1) is 24.2 Å². The van der Waals surface area contributed by atoms with Crippen molar-refractivity contribution in [2.24, 2.45) is 5.41 Å². The standard InChI is InChI=1S/C17H21NO2/c1-13-6-7-15(11-14(13)5-3-4-10-19)16(20)18-12-17(2)8-9-17/h6-7,11,19H,4,8-10,12H2,1-2H3,(H,18,20). The van der Waals surface area contributed by atoms with E-state index in [0.717, 1.165) is 17.7 Å². The van der Waals surface area contributed by atoms with Gasteiger partial charge < -0.3 is 10.4 Å². The predicted molar refractivity (Wildman–Crippen MR) is 79.4 cm³/mol. The van der Waals surface area contributed by atoms with Crippen LogP contribution in [0.2, 0.25) is 0 Å². The van der Waals surface area contributed by atoms with Gasteiger partial charge in [0.15, 0.2) is 0 Å². The molecule has 3 nitrogen and oxygen atoms in total. The van der Waals surface area contributed by atoms with E-state index < -0.39 is 0 Å². The van der Waals surface area contributed by atoms with E-state index >= 15 is 0 Å². The topological polar surface area (TPSA) is 49.3 Å². The summed E-state index contributed by atoms with van der Waals surface area (Å²) >= 11 is 0. The number of rotatable bonds is 4. The largest absolute Gasteiger partial charge is 0.395 e. The molecule has 1 aromatic carbocycles. The van der Waals surface area contributed by atoms with E-state index in [1.165, 1.54) is 12.8 Å². The number of amides is 1. The van der Waals surface area contributed by atoms with Crippen molar-refractivity contribution < 1.29 is 9.90 Å². The summed E-state index contributed by atoms with van der Waals surface area (Å²) in [6, 6.07) is 5.57. The molecule has 0 radical (unpaired) electrons. The Kier molecular flexibility index (Phi) is 4.46. The van der Waals surface area contributed by atoms with Gasteiger partial charge in [-0.1, -0.05) is 24.8 Å². The lowest BCUT2D eigenvalue weighted by Gasteiger charge is -2.10. The minimum atomic E-state index is -0.0386. The van der Waals surface area contributed by atoms with E-state index in [1.54, 1.807) is 0 Å². The third-order valence-electron chi connectivity index (χ3n) is 3.74. The van der Waals surface area contributed by atoms with Crippen molar-refractivity contribution in [3.05, 3.63) is 34.9 Å². The Bertz CT molecular complexity index is 562. The fourth-order valence-corrected chi connectivity index (χ4v) is 1.90. The number of aliphatic hydroxyl groups excluding tert-OH is 1. The van der Waals surface area contributed by atoms with Crippen LogP contribution >= 0.6 is 0 Å². The second-order valence-corrected chi connectivity index (χ2v) is 5.80. The maximum absolute atomic E-state index is 12.1. The molecule has 3 heteroatoms. The molecule has 1 aromatic rings. The smallest absolute Gasteiger partial charge is 0.251 e. The molecule has 0 aliphatic heterocycles. The molecular formula is C17H21NO2. The first-order chi connectivity index (χ1) is 9.54. The molecule has 0 heterocycles. The van der Waals surface area contributed by atoms with Crippen molar-refractivity contribution in [1.82, 2.24) is 5.32 Å². The summed E-state index contributed by atoms with van der Waals surface area (Å²) in [6.45, 7) is 4.96. The lowest BCUT2D eigenvalue weighted by molar-refractivity contribution is 0.0946. The monoisotopic (exact) mass is 271 g/mol. The molecule has 0 bridgehead atoms. The highest BCUT2D eigenvalue weighted by molar-refractivity contribution is 5.94. The normalized spacial score (nSPS) is 15.2. The Balaban J connectivity index is 2.06. The zero-order chi connectivity index (χ0) is 14.6. The minimum absolute atomic E-state index is 0.0386. The Morgan fingerprint density at radius 3 is 2.85 bits per heavy atom. The molecule has 0 atom stereocenters. The molecular weight excluding hydrogens is 250 g/mol. The fraction of sp³-hybridized carbons (Fsp3) is 0.471. The summed E-state index contributed by atoms with van der Waals surface area (Å²) in [4.78, 5) is 12.1. The number of aliphatic hydroxyl groups is 1. The van der Waals surface area contributed by atoms with Crippen LogP contribution < -0.4 is 5.32 Å². The average Bonchev–Trinajstić information content (AvgIpc) is 3.17. The van der Waals surface area contributed by atoms with Crippen LogP contribution in [-0.4, -0.2) is 24.2 Å². The van der Waals surface area contributed by atoms with Gasteiger partial charge in [0.05, 0.1) is 6.61 Å². The van der Waals surface area contributed by atoms with Gasteiger partial charge in [0.2, 0.25) is 0 Å². The summed E-state index contributed by atoms with van der Waals surface area (Å²) in [7, 11) is 0. The van der Waals surface area contributed by atoms with Crippen LogP contribution in [0.5, 0.6) is 0 Å². The SMILES string of the molecule is Cc1ccc(C(=O)NCC2(C)CC2)cc1C#CCCO. The van der Waals surface area contributed by atoms with E-state index in [4.69, 9.17) is 5.11 Å². The van der Waals surface area contributed by atoms with Gasteiger partial charge in [-0.2, -0.15) is 0 Å². The van der Waals surface area contributed by atoms with Gasteiger partial charge in [-0.3, -0.25) is 4.79 Å². The van der Waals surface area contributed by atoms with Crippen molar-refractivity contribution in [1.29, 1.82) is 0 Å². The quantitative estimate of drug-likeness (QED) is 0.825. The average molecular weight is 271 g/mol. The molecule has 0 aromatic heterocycles. The summed E-state index contributed by atoms with van der Waals surface area (Å²) in [5, 5.41) is 11.7. The molecule has 1 fully saturated rings. The van der Waals surface area contributed by atoms with Crippen molar-refractivity contribution in [3.8, 4) is 11.8 Å². The first kappa shape index (κ1) is 14.6. The molecule has 1 amide bonds. The van der Waals surface area contributed by atoms with Crippen molar-refractivity contribution in [2.75, 3.05) is 13.2 Å². The molecule has 1 saturated carbocycles. The summed E-state index contributed by atoms with van der Waals surface area (Å²) in [5.41, 5.74) is 2.85. The van der Waals surface area contributed by atoms with Crippen molar-refractivity contribution in [2.45, 2.75) is 33.1 Å². The van der Waals surface area contributed by atoms with Crippen LogP contribution in [-0.2, 0) is 0 Å². The zero-order valence-electron chi connectivity index (χ0n) is 12.1. The van der Waals surface area contributed by atoms with E-state index in [0.29, 0.717) is 17.4 Å². The van der Waals surface area contributed by atoms with Crippen LogP contribution in [0.25, 0.3) is 0 Å². The number of carbonyl (C=O) groups is 1. The van der Waals surface area contributed by atoms with Gasteiger partial charge >= 0.3 is 0 Å². The Hall–Kier alpha value is -1.79. The van der Waals surface area contributed by atoms with E-state index in [2.05, 4.69) is 24.1 Å². The molecule has 106 valence electrons. The highest BCUT2D eigenvalue weighted by Crippen LogP contribution is 2.44. The van der Waals surface area contributed by atoms with Crippen LogP contribution in [0.4, 0.5) is 0 Å². The van der Waals surface area contributed by atoms with Gasteiger partial charge in [-0.05, 0) is 42.9 Å². The van der Waals surface area contributed by atoms with Gasteiger partial charge in [0, 0.05) is 24.1 Å². The van der Waals surface area contributed by atoms with Gasteiger partial charge in [-0.25, -0.2) is 0 Å². The highest BCUT2D eigenvalue weighted by Gasteiger charge is 2.37. The Labute approximate surface area is 120 Å². The van der Waals surface area contributed by atoms with Crippen LogP contribution in [0.3, 0.4) is 0 Å². The number of benzene rings is 1. The highest BCUT2D eigenvalue weighted by atomic mass is 16.2. The fourth-order valence-electron chi connectivity index (χ4n) is 1.90. The molecule has 1 aliphatic rings. The molecule has 2 rings (SSSR count). The lowest BCUT2D eigenvalue weighted by Crippen LogP contribution is -2.29. The summed E-state index contributed by atoms with van der Waals surface area (Å²) in [6.07, 6.45) is 2.84. The second kappa shape index (κ2) is 6.11. The van der Waals surface area contributed by atoms with E-state index in [-0.39, 0.29) is 12.5 Å². The van der Waals surface area contributed by atoms with E-state index in [1.807, 2.05) is 25.1 Å². The molecule has 2 N–H and O–H groups in total. The first-order valence-electron chi connectivity index (χ1n) is 7.03. The van der Waals surface area contributed by atoms with Crippen molar-refractivity contribution in [3.63, 3.8) is 0 Å². The lowest BCUT2D eigenvalue weighted by atomic mass is 10.0. The maximum Gasteiger partial charge on any atom is 0.251 e. The third kappa shape index (κ3) is 3.85. The molecule has 20 heavy (non-hydrogen) atoms. The van der Waals surface area contributed by atoms with E-state index in [9.17, 15) is 4.79 Å².